The molecule has 2 aromatic carbocycles. The lowest BCUT2D eigenvalue weighted by molar-refractivity contribution is -0.137. The molecular weight excluding hydrogens is 363 g/mol. The third-order valence-corrected chi connectivity index (χ3v) is 4.14. The molecule has 0 spiro atoms. The third-order valence-electron chi connectivity index (χ3n) is 4.14. The van der Waals surface area contributed by atoms with Gasteiger partial charge in [0, 0.05) is 31.0 Å². The van der Waals surface area contributed by atoms with Gasteiger partial charge in [-0.2, -0.15) is 0 Å². The fourth-order valence-electron chi connectivity index (χ4n) is 2.71. The number of carbonyl (C=O) groups excluding carboxylic acids is 2. The van der Waals surface area contributed by atoms with Gasteiger partial charge in [0.25, 0.3) is 5.91 Å². The average Bonchev–Trinajstić information content (AvgIpc) is 2.67. The summed E-state index contributed by atoms with van der Waals surface area (Å²) in [7, 11) is 0. The van der Waals surface area contributed by atoms with Crippen LogP contribution in [0.3, 0.4) is 0 Å². The first kappa shape index (κ1) is 21.1. The Balaban J connectivity index is 1.81. The minimum absolute atomic E-state index is 0.0426. The molecule has 3 N–H and O–H groups in total. The molecule has 0 radical (unpaired) electrons. The Kier molecular flexibility index (Phi) is 8.14. The second-order valence-corrected chi connectivity index (χ2v) is 6.40. The van der Waals surface area contributed by atoms with Crippen molar-refractivity contribution < 1.29 is 23.9 Å². The molecule has 2 aromatic rings. The van der Waals surface area contributed by atoms with Crippen LogP contribution in [0.1, 0.15) is 35.2 Å². The lowest BCUT2D eigenvalue weighted by Crippen LogP contribution is -2.38. The van der Waals surface area contributed by atoms with Crippen molar-refractivity contribution in [2.45, 2.75) is 31.7 Å². The van der Waals surface area contributed by atoms with E-state index in [1.807, 2.05) is 30.3 Å². The normalized spacial score (nSPS) is 11.5. The summed E-state index contributed by atoms with van der Waals surface area (Å²) < 4.78 is 12.9. The van der Waals surface area contributed by atoms with Crippen molar-refractivity contribution in [1.29, 1.82) is 0 Å². The minimum Gasteiger partial charge on any atom is -0.481 e. The molecule has 1 atom stereocenters. The highest BCUT2D eigenvalue weighted by atomic mass is 19.1. The summed E-state index contributed by atoms with van der Waals surface area (Å²) in [6.07, 6.45) is 0.865. The zero-order valence-electron chi connectivity index (χ0n) is 15.4. The number of carboxylic acid groups (broad SMARTS) is 1. The molecule has 0 aliphatic heterocycles. The van der Waals surface area contributed by atoms with Gasteiger partial charge in [-0.1, -0.05) is 30.3 Å². The molecule has 2 rings (SSSR count). The van der Waals surface area contributed by atoms with Crippen molar-refractivity contribution in [2.24, 2.45) is 0 Å². The molecule has 0 aromatic heterocycles. The van der Waals surface area contributed by atoms with Crippen molar-refractivity contribution in [3.63, 3.8) is 0 Å². The maximum Gasteiger partial charge on any atom is 0.303 e. The first-order valence-corrected chi connectivity index (χ1v) is 9.03. The van der Waals surface area contributed by atoms with E-state index in [1.54, 1.807) is 0 Å². The van der Waals surface area contributed by atoms with Crippen molar-refractivity contribution in [3.05, 3.63) is 71.5 Å². The van der Waals surface area contributed by atoms with Crippen LogP contribution < -0.4 is 10.6 Å². The molecule has 0 saturated carbocycles. The fraction of sp³-hybridized carbons (Fsp3) is 0.286. The Morgan fingerprint density at radius 1 is 0.964 bits per heavy atom. The molecule has 0 bridgehead atoms. The van der Waals surface area contributed by atoms with Crippen LogP contribution in [0.4, 0.5) is 4.39 Å². The van der Waals surface area contributed by atoms with Crippen LogP contribution in [0.15, 0.2) is 54.6 Å². The predicted octanol–water partition coefficient (Wildman–Crippen LogP) is 2.54. The summed E-state index contributed by atoms with van der Waals surface area (Å²) in [5, 5.41) is 14.4. The van der Waals surface area contributed by atoms with Gasteiger partial charge in [-0.25, -0.2) is 4.39 Å². The highest BCUT2D eigenvalue weighted by Gasteiger charge is 2.15. The summed E-state index contributed by atoms with van der Waals surface area (Å²) in [5.74, 6) is -2.01. The third kappa shape index (κ3) is 7.57. The smallest absolute Gasteiger partial charge is 0.303 e. The van der Waals surface area contributed by atoms with Crippen molar-refractivity contribution in [1.82, 2.24) is 10.6 Å². The number of carbonyl (C=O) groups is 3. The van der Waals surface area contributed by atoms with Gasteiger partial charge >= 0.3 is 5.97 Å². The summed E-state index contributed by atoms with van der Waals surface area (Å²) in [4.78, 5) is 35.0. The van der Waals surface area contributed by atoms with Gasteiger partial charge in [0.15, 0.2) is 0 Å². The number of halogens is 1. The van der Waals surface area contributed by atoms with E-state index in [9.17, 15) is 18.8 Å². The van der Waals surface area contributed by atoms with Crippen LogP contribution in [-0.2, 0) is 16.0 Å². The molecule has 6 nitrogen and oxygen atoms in total. The SMILES string of the molecule is O=C(O)CCC(Cc1ccccc1)NC(=O)CCNC(=O)c1ccc(F)cc1. The topological polar surface area (TPSA) is 95.5 Å². The van der Waals surface area contributed by atoms with Gasteiger partial charge < -0.3 is 15.7 Å². The number of hydrogen-bond acceptors (Lipinski definition) is 3. The van der Waals surface area contributed by atoms with Crippen molar-refractivity contribution in [3.8, 4) is 0 Å². The maximum absolute atomic E-state index is 12.9. The monoisotopic (exact) mass is 386 g/mol. The van der Waals surface area contributed by atoms with Crippen LogP contribution in [0.5, 0.6) is 0 Å². The van der Waals surface area contributed by atoms with Gasteiger partial charge in [-0.05, 0) is 42.7 Å². The number of carboxylic acids is 1. The van der Waals surface area contributed by atoms with Gasteiger partial charge in [-0.15, -0.1) is 0 Å². The van der Waals surface area contributed by atoms with Crippen molar-refractivity contribution in [2.75, 3.05) is 6.54 Å². The van der Waals surface area contributed by atoms with E-state index in [-0.39, 0.29) is 37.2 Å². The molecule has 0 heterocycles. The van der Waals surface area contributed by atoms with Crippen LogP contribution in [0.2, 0.25) is 0 Å². The Bertz CT molecular complexity index is 794. The number of amides is 2. The predicted molar refractivity (Wildman–Crippen MR) is 102 cm³/mol. The lowest BCUT2D eigenvalue weighted by Gasteiger charge is -2.18. The lowest BCUT2D eigenvalue weighted by atomic mass is 10.0. The zero-order chi connectivity index (χ0) is 20.4. The number of hydrogen-bond donors (Lipinski definition) is 3. The minimum atomic E-state index is -0.918. The summed E-state index contributed by atoms with van der Waals surface area (Å²) >= 11 is 0. The largest absolute Gasteiger partial charge is 0.481 e. The first-order valence-electron chi connectivity index (χ1n) is 9.03. The summed E-state index contributed by atoms with van der Waals surface area (Å²) in [6.45, 7) is 0.124. The number of rotatable bonds is 10. The van der Waals surface area contributed by atoms with Gasteiger partial charge in [0.05, 0.1) is 0 Å². The average molecular weight is 386 g/mol. The standard InChI is InChI=1S/C21H23FN2O4/c22-17-8-6-16(7-9-17)21(28)23-13-12-19(25)24-18(10-11-20(26)27)14-15-4-2-1-3-5-15/h1-9,18H,10-14H2,(H,23,28)(H,24,25)(H,26,27). The summed E-state index contributed by atoms with van der Waals surface area (Å²) in [6, 6.07) is 14.3. The molecule has 0 aliphatic rings. The molecule has 148 valence electrons. The molecule has 0 fully saturated rings. The van der Waals surface area contributed by atoms with Crippen LogP contribution in [0.25, 0.3) is 0 Å². The van der Waals surface area contributed by atoms with Crippen molar-refractivity contribution >= 4 is 17.8 Å². The van der Waals surface area contributed by atoms with E-state index in [0.29, 0.717) is 18.4 Å². The van der Waals surface area contributed by atoms with E-state index in [2.05, 4.69) is 10.6 Å². The molecule has 7 heteroatoms. The second kappa shape index (κ2) is 10.8. The quantitative estimate of drug-likeness (QED) is 0.585. The molecule has 0 saturated heterocycles. The molecular formula is C21H23FN2O4. The molecule has 28 heavy (non-hydrogen) atoms. The first-order chi connectivity index (χ1) is 13.4. The Morgan fingerprint density at radius 3 is 2.29 bits per heavy atom. The van der Waals surface area contributed by atoms with Gasteiger partial charge in [0.1, 0.15) is 5.82 Å². The fourth-order valence-corrected chi connectivity index (χ4v) is 2.71. The van der Waals surface area contributed by atoms with E-state index in [0.717, 1.165) is 5.56 Å². The van der Waals surface area contributed by atoms with Gasteiger partial charge in [0.2, 0.25) is 5.91 Å². The zero-order valence-corrected chi connectivity index (χ0v) is 15.4. The Labute approximate surface area is 162 Å². The number of nitrogens with one attached hydrogen (secondary N) is 2. The molecule has 1 unspecified atom stereocenters. The van der Waals surface area contributed by atoms with Crippen LogP contribution in [0, 0.1) is 5.82 Å². The summed E-state index contributed by atoms with van der Waals surface area (Å²) in [5.41, 5.74) is 1.31. The molecule has 0 aliphatic carbocycles. The highest BCUT2D eigenvalue weighted by Crippen LogP contribution is 2.08. The Hall–Kier alpha value is -3.22. The van der Waals surface area contributed by atoms with E-state index in [1.165, 1.54) is 24.3 Å². The van der Waals surface area contributed by atoms with Crippen LogP contribution in [-0.4, -0.2) is 35.5 Å². The van der Waals surface area contributed by atoms with Crippen LogP contribution >= 0.6 is 0 Å². The molecule has 2 amide bonds. The second-order valence-electron chi connectivity index (χ2n) is 6.40. The number of benzene rings is 2. The van der Waals surface area contributed by atoms with E-state index < -0.39 is 11.8 Å². The Morgan fingerprint density at radius 2 is 1.64 bits per heavy atom. The highest BCUT2D eigenvalue weighted by molar-refractivity contribution is 5.94. The van der Waals surface area contributed by atoms with E-state index in [4.69, 9.17) is 5.11 Å². The van der Waals surface area contributed by atoms with Gasteiger partial charge in [-0.3, -0.25) is 14.4 Å². The number of aliphatic carboxylic acids is 1. The van der Waals surface area contributed by atoms with E-state index >= 15 is 0 Å². The maximum atomic E-state index is 12.9.